The Morgan fingerprint density at radius 2 is 1.77 bits per heavy atom. The third-order valence-electron chi connectivity index (χ3n) is 1.12. The molecule has 4 N–H and O–H groups in total. The van der Waals surface area contributed by atoms with Crippen LogP contribution in [-0.4, -0.2) is 47.9 Å². The summed E-state index contributed by atoms with van der Waals surface area (Å²) in [5.41, 5.74) is 0. The second-order valence-electron chi connectivity index (χ2n) is 2.43. The molecule has 0 aromatic rings. The van der Waals surface area contributed by atoms with Crippen molar-refractivity contribution in [1.29, 1.82) is 0 Å². The molecule has 0 bridgehead atoms. The van der Waals surface area contributed by atoms with Crippen LogP contribution in [-0.2, 0) is 4.12 Å². The van der Waals surface area contributed by atoms with Crippen LogP contribution >= 0.6 is 0 Å². The highest BCUT2D eigenvalue weighted by atomic mass is 28.5. The van der Waals surface area contributed by atoms with Crippen LogP contribution < -0.4 is 0 Å². The van der Waals surface area contributed by atoms with Crippen molar-refractivity contribution < 1.29 is 28.2 Å². The predicted molar refractivity (Wildman–Crippen MR) is 43.8 cm³/mol. The molecule has 0 rings (SSSR count). The minimum Gasteiger partial charge on any atom is -0.390 e. The fourth-order valence-corrected chi connectivity index (χ4v) is 3.80. The van der Waals surface area contributed by atoms with E-state index in [2.05, 4.69) is 4.12 Å². The van der Waals surface area contributed by atoms with Crippen molar-refractivity contribution in [2.24, 2.45) is 0 Å². The van der Waals surface area contributed by atoms with Gasteiger partial charge in [0.15, 0.2) is 0 Å². The molecule has 8 nitrogen and oxygen atoms in total. The lowest BCUT2D eigenvalue weighted by Gasteiger charge is -2.21. The first kappa shape index (κ1) is 12.6. The maximum absolute atomic E-state index is 9.88. The molecular formula is C3H11NO7Si2. The molecule has 0 aliphatic carbocycles. The molecule has 0 saturated carbocycles. The molecule has 78 valence electrons. The van der Waals surface area contributed by atoms with E-state index in [0.717, 1.165) is 0 Å². The Labute approximate surface area is 75.9 Å². The SMILES string of the molecule is CC[Si](O)(O)O[Si](O)(O)C[N+](=O)[O-]. The second-order valence-corrected chi connectivity index (χ2v) is 7.25. The van der Waals surface area contributed by atoms with E-state index < -0.39 is 28.7 Å². The van der Waals surface area contributed by atoms with Crippen molar-refractivity contribution in [3.8, 4) is 0 Å². The van der Waals surface area contributed by atoms with Gasteiger partial charge in [0.2, 0.25) is 0 Å². The molecule has 0 aliphatic heterocycles. The maximum Gasteiger partial charge on any atom is 0.563 e. The predicted octanol–water partition coefficient (Wildman–Crippen LogP) is -2.31. The lowest BCUT2D eigenvalue weighted by Crippen LogP contribution is -2.56. The fraction of sp³-hybridized carbons (Fsp3) is 1.00. The maximum atomic E-state index is 9.88. The van der Waals surface area contributed by atoms with Crippen LogP contribution in [0.3, 0.4) is 0 Å². The van der Waals surface area contributed by atoms with Gasteiger partial charge in [0.1, 0.15) is 0 Å². The number of rotatable bonds is 5. The van der Waals surface area contributed by atoms with Gasteiger partial charge >= 0.3 is 17.6 Å². The Balaban J connectivity index is 4.24. The van der Waals surface area contributed by atoms with Crippen molar-refractivity contribution in [3.05, 3.63) is 10.1 Å². The van der Waals surface area contributed by atoms with Gasteiger partial charge in [-0.2, -0.15) is 0 Å². The van der Waals surface area contributed by atoms with Crippen LogP contribution in [0.25, 0.3) is 0 Å². The van der Waals surface area contributed by atoms with Gasteiger partial charge in [-0.15, -0.1) is 0 Å². The first-order valence-electron chi connectivity index (χ1n) is 3.40. The molecule has 0 aliphatic rings. The highest BCUT2D eigenvalue weighted by Crippen LogP contribution is 2.08. The van der Waals surface area contributed by atoms with Gasteiger partial charge in [0, 0.05) is 11.0 Å². The van der Waals surface area contributed by atoms with E-state index in [9.17, 15) is 10.1 Å². The molecule has 0 amide bonds. The zero-order valence-corrected chi connectivity index (χ0v) is 8.88. The summed E-state index contributed by atoms with van der Waals surface area (Å²) in [5, 5.41) is 9.88. The van der Waals surface area contributed by atoms with Crippen molar-refractivity contribution in [3.63, 3.8) is 0 Å². The van der Waals surface area contributed by atoms with Crippen LogP contribution in [0.4, 0.5) is 0 Å². The minimum atomic E-state index is -4.56. The summed E-state index contributed by atoms with van der Waals surface area (Å²) < 4.78 is 4.14. The monoisotopic (exact) mass is 229 g/mol. The van der Waals surface area contributed by atoms with Crippen molar-refractivity contribution in [2.75, 3.05) is 6.17 Å². The molecule has 0 radical (unpaired) electrons. The normalized spacial score (nSPS) is 13.0. The number of nitro groups is 1. The summed E-state index contributed by atoms with van der Waals surface area (Å²) in [6.45, 7) is 1.36. The largest absolute Gasteiger partial charge is 0.563 e. The zero-order valence-electron chi connectivity index (χ0n) is 6.88. The van der Waals surface area contributed by atoms with Crippen LogP contribution in [0.15, 0.2) is 0 Å². The van der Waals surface area contributed by atoms with Crippen molar-refractivity contribution in [2.45, 2.75) is 13.0 Å². The van der Waals surface area contributed by atoms with E-state index in [1.54, 1.807) is 0 Å². The van der Waals surface area contributed by atoms with Crippen molar-refractivity contribution in [1.82, 2.24) is 0 Å². The Bertz CT molecular complexity index is 194. The van der Waals surface area contributed by atoms with Gasteiger partial charge in [-0.25, -0.2) is 0 Å². The van der Waals surface area contributed by atoms with Gasteiger partial charge in [-0.1, -0.05) is 6.92 Å². The molecule has 0 heterocycles. The Hall–Kier alpha value is -0.366. The van der Waals surface area contributed by atoms with Crippen molar-refractivity contribution >= 4 is 17.6 Å². The van der Waals surface area contributed by atoms with Crippen LogP contribution in [0.1, 0.15) is 6.92 Å². The molecule has 0 atom stereocenters. The summed E-state index contributed by atoms with van der Waals surface area (Å²) in [4.78, 5) is 44.6. The Morgan fingerprint density at radius 3 is 2.08 bits per heavy atom. The van der Waals surface area contributed by atoms with Crippen LogP contribution in [0.2, 0.25) is 6.04 Å². The molecule has 0 aromatic heterocycles. The van der Waals surface area contributed by atoms with E-state index in [0.29, 0.717) is 0 Å². The summed E-state index contributed by atoms with van der Waals surface area (Å²) in [6, 6.07) is -0.194. The van der Waals surface area contributed by atoms with Crippen LogP contribution in [0.5, 0.6) is 0 Å². The Morgan fingerprint density at radius 1 is 1.31 bits per heavy atom. The molecule has 13 heavy (non-hydrogen) atoms. The van der Waals surface area contributed by atoms with E-state index in [4.69, 9.17) is 19.2 Å². The van der Waals surface area contributed by atoms with Gasteiger partial charge < -0.3 is 23.3 Å². The van der Waals surface area contributed by atoms with Gasteiger partial charge in [-0.3, -0.25) is 10.1 Å². The highest BCUT2D eigenvalue weighted by molar-refractivity contribution is 6.72. The topological polar surface area (TPSA) is 133 Å². The summed E-state index contributed by atoms with van der Waals surface area (Å²) in [7, 11) is -8.68. The van der Waals surface area contributed by atoms with Gasteiger partial charge in [-0.05, 0) is 0 Å². The summed E-state index contributed by atoms with van der Waals surface area (Å²) >= 11 is 0. The first-order valence-corrected chi connectivity index (χ1v) is 7.42. The smallest absolute Gasteiger partial charge is 0.390 e. The average molecular weight is 229 g/mol. The zero-order chi connectivity index (χ0) is 10.7. The standard InChI is InChI=1S/C3H11NO7Si2/c1-2-12(7,8)11-13(9,10)3-4(5)6/h7-10H,2-3H2,1H3. The molecule has 10 heteroatoms. The quantitative estimate of drug-likeness (QED) is 0.236. The fourth-order valence-electron chi connectivity index (χ4n) is 0.534. The average Bonchev–Trinajstić information content (AvgIpc) is 1.81. The van der Waals surface area contributed by atoms with E-state index in [1.807, 2.05) is 0 Å². The van der Waals surface area contributed by atoms with Crippen LogP contribution in [0, 0.1) is 10.1 Å². The minimum absolute atomic E-state index is 0.194. The molecule has 0 aromatic carbocycles. The summed E-state index contributed by atoms with van der Waals surface area (Å²) in [5.74, 6) is 0. The molecular weight excluding hydrogens is 218 g/mol. The summed E-state index contributed by atoms with van der Waals surface area (Å²) in [6.07, 6.45) is -1.19. The number of nitrogens with zero attached hydrogens (tertiary/aromatic N) is 1. The number of hydrogen-bond acceptors (Lipinski definition) is 7. The molecule has 0 fully saturated rings. The van der Waals surface area contributed by atoms with E-state index in [1.165, 1.54) is 6.92 Å². The molecule has 0 spiro atoms. The third-order valence-corrected chi connectivity index (χ3v) is 5.33. The Kier molecular flexibility index (Phi) is 4.11. The van der Waals surface area contributed by atoms with Gasteiger partial charge in [0.05, 0.1) is 0 Å². The van der Waals surface area contributed by atoms with E-state index >= 15 is 0 Å². The number of hydrogen-bond donors (Lipinski definition) is 4. The lowest BCUT2D eigenvalue weighted by molar-refractivity contribution is -0.468. The molecule has 0 unspecified atom stereocenters. The third kappa shape index (κ3) is 5.81. The highest BCUT2D eigenvalue weighted by Gasteiger charge is 2.48. The van der Waals surface area contributed by atoms with Gasteiger partial charge in [0.25, 0.3) is 6.17 Å². The second kappa shape index (κ2) is 4.23. The first-order chi connectivity index (χ1) is 5.68. The van der Waals surface area contributed by atoms with E-state index in [-0.39, 0.29) is 6.04 Å². The lowest BCUT2D eigenvalue weighted by atomic mass is 11.0. The molecule has 0 saturated heterocycles.